The van der Waals surface area contributed by atoms with Gasteiger partial charge in [0, 0.05) is 27.2 Å². The van der Waals surface area contributed by atoms with E-state index in [1.807, 2.05) is 98.9 Å². The third-order valence-electron chi connectivity index (χ3n) is 5.54. The van der Waals surface area contributed by atoms with Crippen LogP contribution in [0.5, 0.6) is 5.75 Å². The molecule has 1 aromatic heterocycles. The van der Waals surface area contributed by atoms with Gasteiger partial charge in [-0.3, -0.25) is 4.79 Å². The van der Waals surface area contributed by atoms with Crippen molar-refractivity contribution in [1.29, 1.82) is 0 Å². The first kappa shape index (κ1) is 27.6. The molecule has 0 radical (unpaired) electrons. The van der Waals surface area contributed by atoms with E-state index in [2.05, 4.69) is 20.9 Å². The van der Waals surface area contributed by atoms with Crippen LogP contribution in [0.4, 0.5) is 16.5 Å². The standard InChI is InChI=1S/C29H30N4O2S3/c1-4-26(27(34)33-29-32-25(18-37-29)20-11-15-23(16-12-20)35-5-2)38-24-8-6-7-22(17-24)31-28(36)30-21-13-9-19(3)10-14-21/h6-18,26H,4-5H2,1-3H3,(H2,30,31,36)(H,32,33,34). The summed E-state index contributed by atoms with van der Waals surface area (Å²) < 4.78 is 5.51. The molecule has 38 heavy (non-hydrogen) atoms. The molecule has 6 nitrogen and oxygen atoms in total. The Kier molecular flexibility index (Phi) is 9.75. The first-order valence-electron chi connectivity index (χ1n) is 12.3. The minimum Gasteiger partial charge on any atom is -0.494 e. The lowest BCUT2D eigenvalue weighted by molar-refractivity contribution is -0.115. The van der Waals surface area contributed by atoms with Crippen molar-refractivity contribution >= 4 is 62.8 Å². The Morgan fingerprint density at radius 3 is 2.45 bits per heavy atom. The Balaban J connectivity index is 1.34. The Bertz CT molecular complexity index is 1370. The second-order valence-electron chi connectivity index (χ2n) is 8.47. The van der Waals surface area contributed by atoms with Crippen LogP contribution >= 0.6 is 35.3 Å². The maximum atomic E-state index is 13.1. The molecule has 0 saturated heterocycles. The van der Waals surface area contributed by atoms with Gasteiger partial charge in [-0.25, -0.2) is 4.98 Å². The highest BCUT2D eigenvalue weighted by molar-refractivity contribution is 8.00. The molecule has 1 amide bonds. The molecule has 4 aromatic rings. The maximum Gasteiger partial charge on any atom is 0.239 e. The lowest BCUT2D eigenvalue weighted by Crippen LogP contribution is -2.24. The summed E-state index contributed by atoms with van der Waals surface area (Å²) in [7, 11) is 0. The second-order valence-corrected chi connectivity index (χ2v) is 11.0. The number of aromatic nitrogens is 1. The number of carbonyl (C=O) groups excluding carboxylic acids is 1. The number of thiazole rings is 1. The fraction of sp³-hybridized carbons (Fsp3) is 0.207. The molecule has 9 heteroatoms. The number of rotatable bonds is 10. The lowest BCUT2D eigenvalue weighted by Gasteiger charge is -2.15. The molecule has 0 aliphatic rings. The van der Waals surface area contributed by atoms with Gasteiger partial charge >= 0.3 is 0 Å². The molecule has 0 aliphatic carbocycles. The number of aryl methyl sites for hydroxylation is 1. The van der Waals surface area contributed by atoms with E-state index in [0.717, 1.165) is 33.3 Å². The first-order chi connectivity index (χ1) is 18.4. The van der Waals surface area contributed by atoms with E-state index in [1.54, 1.807) is 0 Å². The van der Waals surface area contributed by atoms with Crippen LogP contribution in [-0.2, 0) is 4.79 Å². The van der Waals surface area contributed by atoms with Gasteiger partial charge in [0.2, 0.25) is 5.91 Å². The third-order valence-corrected chi connectivity index (χ3v) is 7.86. The summed E-state index contributed by atoms with van der Waals surface area (Å²) in [5.41, 5.74) is 4.77. The molecule has 3 N–H and O–H groups in total. The lowest BCUT2D eigenvalue weighted by atomic mass is 10.2. The summed E-state index contributed by atoms with van der Waals surface area (Å²) in [5.74, 6) is 0.756. The van der Waals surface area contributed by atoms with Crippen LogP contribution in [0.1, 0.15) is 25.8 Å². The van der Waals surface area contributed by atoms with Crippen LogP contribution in [-0.4, -0.2) is 27.9 Å². The number of amides is 1. The topological polar surface area (TPSA) is 75.3 Å². The number of thioether (sulfide) groups is 1. The van der Waals surface area contributed by atoms with Crippen molar-refractivity contribution in [3.05, 3.63) is 83.7 Å². The van der Waals surface area contributed by atoms with Gasteiger partial charge in [0.15, 0.2) is 10.2 Å². The second kappa shape index (κ2) is 13.4. The Hall–Kier alpha value is -3.40. The fourth-order valence-corrected chi connectivity index (χ4v) is 5.57. The number of benzene rings is 3. The van der Waals surface area contributed by atoms with Crippen molar-refractivity contribution < 1.29 is 9.53 Å². The van der Waals surface area contributed by atoms with E-state index >= 15 is 0 Å². The van der Waals surface area contributed by atoms with Crippen molar-refractivity contribution in [2.75, 3.05) is 22.6 Å². The number of ether oxygens (including phenoxy) is 1. The minimum absolute atomic E-state index is 0.0694. The molecule has 1 heterocycles. The molecule has 4 rings (SSSR count). The van der Waals surface area contributed by atoms with Crippen molar-refractivity contribution in [2.45, 2.75) is 37.3 Å². The van der Waals surface area contributed by atoms with Crippen LogP contribution in [0.3, 0.4) is 0 Å². The molecule has 0 aliphatic heterocycles. The van der Waals surface area contributed by atoms with E-state index in [-0.39, 0.29) is 11.2 Å². The number of hydrogen-bond acceptors (Lipinski definition) is 6. The number of carbonyl (C=O) groups is 1. The van der Waals surface area contributed by atoms with Gasteiger partial charge in [-0.15, -0.1) is 23.1 Å². The monoisotopic (exact) mass is 562 g/mol. The normalized spacial score (nSPS) is 11.4. The average Bonchev–Trinajstić information content (AvgIpc) is 3.38. The molecule has 196 valence electrons. The van der Waals surface area contributed by atoms with Gasteiger partial charge in [-0.05, 0) is 87.1 Å². The van der Waals surface area contributed by atoms with Gasteiger partial charge in [0.1, 0.15) is 5.75 Å². The fourth-order valence-electron chi connectivity index (χ4n) is 3.60. The molecular formula is C29H30N4O2S3. The van der Waals surface area contributed by atoms with Crippen molar-refractivity contribution in [1.82, 2.24) is 4.98 Å². The highest BCUT2D eigenvalue weighted by Gasteiger charge is 2.20. The number of nitrogens with one attached hydrogen (secondary N) is 3. The highest BCUT2D eigenvalue weighted by atomic mass is 32.2. The number of anilines is 3. The van der Waals surface area contributed by atoms with E-state index < -0.39 is 0 Å². The van der Waals surface area contributed by atoms with Crippen LogP contribution in [0.2, 0.25) is 0 Å². The molecule has 0 spiro atoms. The van der Waals surface area contributed by atoms with Crippen LogP contribution in [0.15, 0.2) is 83.1 Å². The van der Waals surface area contributed by atoms with Crippen molar-refractivity contribution in [2.24, 2.45) is 0 Å². The molecule has 1 atom stereocenters. The number of hydrogen-bond donors (Lipinski definition) is 3. The summed E-state index contributed by atoms with van der Waals surface area (Å²) in [6, 6.07) is 23.7. The van der Waals surface area contributed by atoms with E-state index in [1.165, 1.54) is 28.7 Å². The summed E-state index contributed by atoms with van der Waals surface area (Å²) in [5, 5.41) is 12.2. The summed E-state index contributed by atoms with van der Waals surface area (Å²) in [6.07, 6.45) is 0.679. The molecule has 1 unspecified atom stereocenters. The maximum absolute atomic E-state index is 13.1. The summed E-state index contributed by atoms with van der Waals surface area (Å²) in [6.45, 7) is 6.64. The molecular weight excluding hydrogens is 533 g/mol. The van der Waals surface area contributed by atoms with Crippen LogP contribution in [0.25, 0.3) is 11.3 Å². The van der Waals surface area contributed by atoms with Crippen molar-refractivity contribution in [3.8, 4) is 17.0 Å². The van der Waals surface area contributed by atoms with Gasteiger partial charge in [0.05, 0.1) is 17.6 Å². The number of nitrogens with zero attached hydrogens (tertiary/aromatic N) is 1. The number of thiocarbonyl (C=S) groups is 1. The Morgan fingerprint density at radius 1 is 1.00 bits per heavy atom. The van der Waals surface area contributed by atoms with E-state index in [0.29, 0.717) is 23.3 Å². The zero-order chi connectivity index (χ0) is 26.9. The third kappa shape index (κ3) is 7.80. The molecule has 0 fully saturated rings. The average molecular weight is 563 g/mol. The van der Waals surface area contributed by atoms with Gasteiger partial charge < -0.3 is 20.7 Å². The predicted molar refractivity (Wildman–Crippen MR) is 165 cm³/mol. The summed E-state index contributed by atoms with van der Waals surface area (Å²) in [4.78, 5) is 18.7. The SMILES string of the molecule is CCOc1ccc(-c2csc(NC(=O)C(CC)Sc3cccc(NC(=S)Nc4ccc(C)cc4)c3)n2)cc1. The Labute approximate surface area is 237 Å². The van der Waals surface area contributed by atoms with Crippen molar-refractivity contribution in [3.63, 3.8) is 0 Å². The van der Waals surface area contributed by atoms with Gasteiger partial charge in [0.25, 0.3) is 0 Å². The largest absolute Gasteiger partial charge is 0.494 e. The van der Waals surface area contributed by atoms with E-state index in [4.69, 9.17) is 17.0 Å². The summed E-state index contributed by atoms with van der Waals surface area (Å²) >= 11 is 8.41. The van der Waals surface area contributed by atoms with Crippen LogP contribution in [0, 0.1) is 6.92 Å². The molecule has 0 bridgehead atoms. The van der Waals surface area contributed by atoms with Gasteiger partial charge in [-0.2, -0.15) is 0 Å². The molecule has 0 saturated carbocycles. The van der Waals surface area contributed by atoms with Crippen LogP contribution < -0.4 is 20.7 Å². The zero-order valence-corrected chi connectivity index (χ0v) is 23.9. The predicted octanol–water partition coefficient (Wildman–Crippen LogP) is 7.84. The van der Waals surface area contributed by atoms with Gasteiger partial charge in [-0.1, -0.05) is 30.7 Å². The molecule has 3 aromatic carbocycles. The van der Waals surface area contributed by atoms with E-state index in [9.17, 15) is 4.79 Å². The quantitative estimate of drug-likeness (QED) is 0.134. The smallest absolute Gasteiger partial charge is 0.239 e. The zero-order valence-electron chi connectivity index (χ0n) is 21.5. The Morgan fingerprint density at radius 2 is 1.74 bits per heavy atom. The minimum atomic E-state index is -0.263. The first-order valence-corrected chi connectivity index (χ1v) is 14.5. The highest BCUT2D eigenvalue weighted by Crippen LogP contribution is 2.30.